The van der Waals surface area contributed by atoms with Crippen molar-refractivity contribution in [3.63, 3.8) is 0 Å². The molecule has 0 aromatic heterocycles. The Labute approximate surface area is 186 Å². The molecule has 0 spiro atoms. The molecule has 0 radical (unpaired) electrons. The fourth-order valence-corrected chi connectivity index (χ4v) is 3.60. The molecule has 0 saturated heterocycles. The lowest BCUT2D eigenvalue weighted by atomic mass is 9.99. The number of anilines is 2. The van der Waals surface area contributed by atoms with E-state index in [-0.39, 0.29) is 36.3 Å². The number of nitrogens with zero attached hydrogens (tertiary/aromatic N) is 1. The Bertz CT molecular complexity index is 954. The van der Waals surface area contributed by atoms with Crippen LogP contribution in [0, 0.1) is 11.7 Å². The third kappa shape index (κ3) is 5.35. The molecular weight excluding hydrogens is 415 g/mol. The highest BCUT2D eigenvalue weighted by molar-refractivity contribution is 6.04. The zero-order valence-electron chi connectivity index (χ0n) is 18.4. The van der Waals surface area contributed by atoms with E-state index in [0.717, 1.165) is 0 Å². The highest BCUT2D eigenvalue weighted by atomic mass is 19.1. The van der Waals surface area contributed by atoms with E-state index in [2.05, 4.69) is 16.0 Å². The molecule has 0 aliphatic carbocycles. The summed E-state index contributed by atoms with van der Waals surface area (Å²) >= 11 is 0. The van der Waals surface area contributed by atoms with Crippen molar-refractivity contribution < 1.29 is 23.8 Å². The molecule has 3 rings (SSSR count). The number of urea groups is 1. The maximum absolute atomic E-state index is 13.3. The number of aliphatic hydroxyl groups excluding tert-OH is 1. The molecule has 1 heterocycles. The average molecular weight is 445 g/mol. The molecule has 0 unspecified atom stereocenters. The number of nitrogens with one attached hydrogen (secondary N) is 3. The smallest absolute Gasteiger partial charge is 0.323 e. The third-order valence-corrected chi connectivity index (χ3v) is 5.45. The lowest BCUT2D eigenvalue weighted by Gasteiger charge is -2.37. The van der Waals surface area contributed by atoms with E-state index in [1.165, 1.54) is 24.3 Å². The Balaban J connectivity index is 1.93. The van der Waals surface area contributed by atoms with Crippen molar-refractivity contribution in [2.75, 3.05) is 37.4 Å². The first-order valence-electron chi connectivity index (χ1n) is 10.5. The van der Waals surface area contributed by atoms with E-state index in [4.69, 9.17) is 4.74 Å². The Morgan fingerprint density at radius 3 is 2.62 bits per heavy atom. The van der Waals surface area contributed by atoms with Crippen LogP contribution in [0.3, 0.4) is 0 Å². The standard InChI is InChI=1S/C23H29FN4O4/c1-14-12-28(15(2)13-29)22(30)18-5-4-6-19(21(18)32-20(14)11-25-3)27-23(31)26-17-9-7-16(24)8-10-17/h4-10,14-15,20,25,29H,11-13H2,1-3H3,(H2,26,27,31)/t14-,15+,20-/m1/s1. The van der Waals surface area contributed by atoms with Crippen molar-refractivity contribution in [3.8, 4) is 5.75 Å². The normalized spacial score (nSPS) is 19.3. The van der Waals surface area contributed by atoms with Gasteiger partial charge in [0.05, 0.1) is 23.9 Å². The number of carbonyl (C=O) groups excluding carboxylic acids is 2. The minimum Gasteiger partial charge on any atom is -0.486 e. The van der Waals surface area contributed by atoms with Crippen molar-refractivity contribution in [1.82, 2.24) is 10.2 Å². The number of benzene rings is 2. The SMILES string of the molecule is CNC[C@H]1Oc2c(NC(=O)Nc3ccc(F)cc3)cccc2C(=O)N([C@@H](C)CO)C[C@H]1C. The van der Waals surface area contributed by atoms with Gasteiger partial charge in [-0.15, -0.1) is 0 Å². The summed E-state index contributed by atoms with van der Waals surface area (Å²) in [6.45, 7) is 4.57. The number of carbonyl (C=O) groups is 2. The largest absolute Gasteiger partial charge is 0.486 e. The van der Waals surface area contributed by atoms with Gasteiger partial charge in [-0.3, -0.25) is 4.79 Å². The Morgan fingerprint density at radius 2 is 1.97 bits per heavy atom. The highest BCUT2D eigenvalue weighted by Gasteiger charge is 2.33. The third-order valence-electron chi connectivity index (χ3n) is 5.45. The molecule has 8 nitrogen and oxygen atoms in total. The maximum Gasteiger partial charge on any atom is 0.323 e. The first kappa shape index (κ1) is 23.5. The molecule has 2 aromatic rings. The number of fused-ring (bicyclic) bond motifs is 1. The molecule has 3 amide bonds. The van der Waals surface area contributed by atoms with Crippen molar-refractivity contribution >= 4 is 23.3 Å². The first-order chi connectivity index (χ1) is 15.3. The monoisotopic (exact) mass is 444 g/mol. The van der Waals surface area contributed by atoms with Crippen LogP contribution in [-0.4, -0.2) is 60.8 Å². The second-order valence-corrected chi connectivity index (χ2v) is 7.95. The summed E-state index contributed by atoms with van der Waals surface area (Å²) < 4.78 is 19.4. The average Bonchev–Trinajstić information content (AvgIpc) is 2.77. The fraction of sp³-hybridized carbons (Fsp3) is 0.391. The maximum atomic E-state index is 13.3. The summed E-state index contributed by atoms with van der Waals surface area (Å²) in [7, 11) is 1.81. The van der Waals surface area contributed by atoms with E-state index in [1.54, 1.807) is 30.0 Å². The predicted molar refractivity (Wildman–Crippen MR) is 121 cm³/mol. The van der Waals surface area contributed by atoms with Crippen LogP contribution >= 0.6 is 0 Å². The zero-order chi connectivity index (χ0) is 23.3. The van der Waals surface area contributed by atoms with E-state index in [9.17, 15) is 19.1 Å². The number of rotatable bonds is 6. The van der Waals surface area contributed by atoms with E-state index in [1.807, 2.05) is 14.0 Å². The van der Waals surface area contributed by atoms with Crippen LogP contribution < -0.4 is 20.7 Å². The Morgan fingerprint density at radius 1 is 1.25 bits per heavy atom. The summed E-state index contributed by atoms with van der Waals surface area (Å²) in [5, 5.41) is 18.1. The zero-order valence-corrected chi connectivity index (χ0v) is 18.4. The molecule has 4 N–H and O–H groups in total. The number of hydrogen-bond acceptors (Lipinski definition) is 5. The van der Waals surface area contributed by atoms with Crippen LogP contribution in [0.5, 0.6) is 5.75 Å². The molecule has 32 heavy (non-hydrogen) atoms. The number of halogens is 1. The van der Waals surface area contributed by atoms with Crippen LogP contribution in [0.25, 0.3) is 0 Å². The van der Waals surface area contributed by atoms with Crippen molar-refractivity contribution in [3.05, 3.63) is 53.8 Å². The summed E-state index contributed by atoms with van der Waals surface area (Å²) in [6.07, 6.45) is -0.275. The van der Waals surface area contributed by atoms with Gasteiger partial charge < -0.3 is 30.7 Å². The molecule has 1 aliphatic rings. The van der Waals surface area contributed by atoms with Crippen molar-refractivity contribution in [1.29, 1.82) is 0 Å². The Kier molecular flexibility index (Phi) is 7.66. The Hall–Kier alpha value is -3.17. The van der Waals surface area contributed by atoms with Gasteiger partial charge in [0.25, 0.3) is 5.91 Å². The van der Waals surface area contributed by atoms with Gasteiger partial charge in [0.15, 0.2) is 5.75 Å². The minimum atomic E-state index is -0.554. The molecule has 0 saturated carbocycles. The molecule has 0 fully saturated rings. The minimum absolute atomic E-state index is 0.0327. The molecule has 1 aliphatic heterocycles. The molecule has 172 valence electrons. The number of ether oxygens (including phenoxy) is 1. The number of amides is 3. The summed E-state index contributed by atoms with van der Waals surface area (Å²) in [5.41, 5.74) is 1.06. The number of aliphatic hydroxyl groups is 1. The van der Waals surface area contributed by atoms with Gasteiger partial charge in [0, 0.05) is 24.7 Å². The molecule has 0 bridgehead atoms. The second kappa shape index (κ2) is 10.4. The van der Waals surface area contributed by atoms with Gasteiger partial charge in [0.2, 0.25) is 0 Å². The number of para-hydroxylation sites is 1. The van der Waals surface area contributed by atoms with Gasteiger partial charge in [-0.2, -0.15) is 0 Å². The van der Waals surface area contributed by atoms with Gasteiger partial charge >= 0.3 is 6.03 Å². The van der Waals surface area contributed by atoms with Gasteiger partial charge in [0.1, 0.15) is 11.9 Å². The summed E-state index contributed by atoms with van der Waals surface area (Å²) in [6, 6.07) is 9.42. The number of hydrogen-bond donors (Lipinski definition) is 4. The first-order valence-corrected chi connectivity index (χ1v) is 10.5. The molecule has 3 atom stereocenters. The molecule has 9 heteroatoms. The molecular formula is C23H29FN4O4. The van der Waals surface area contributed by atoms with Crippen LogP contribution in [-0.2, 0) is 0 Å². The lowest BCUT2D eigenvalue weighted by molar-refractivity contribution is 0.0417. The molecule has 2 aromatic carbocycles. The van der Waals surface area contributed by atoms with E-state index < -0.39 is 11.8 Å². The predicted octanol–water partition coefficient (Wildman–Crippen LogP) is 2.91. The van der Waals surface area contributed by atoms with Gasteiger partial charge in [-0.05, 0) is 50.4 Å². The highest BCUT2D eigenvalue weighted by Crippen LogP contribution is 2.34. The lowest BCUT2D eigenvalue weighted by Crippen LogP contribution is -2.49. The van der Waals surface area contributed by atoms with Crippen LogP contribution in [0.1, 0.15) is 24.2 Å². The van der Waals surface area contributed by atoms with Gasteiger partial charge in [-0.1, -0.05) is 13.0 Å². The van der Waals surface area contributed by atoms with Crippen LogP contribution in [0.2, 0.25) is 0 Å². The second-order valence-electron chi connectivity index (χ2n) is 7.95. The van der Waals surface area contributed by atoms with Gasteiger partial charge in [-0.25, -0.2) is 9.18 Å². The van der Waals surface area contributed by atoms with E-state index in [0.29, 0.717) is 30.0 Å². The quantitative estimate of drug-likeness (QED) is 0.549. The number of likely N-dealkylation sites (N-methyl/N-ethyl adjacent to an activating group) is 1. The van der Waals surface area contributed by atoms with Crippen molar-refractivity contribution in [2.45, 2.75) is 26.0 Å². The summed E-state index contributed by atoms with van der Waals surface area (Å²) in [5.74, 6) is -0.444. The van der Waals surface area contributed by atoms with Crippen LogP contribution in [0.4, 0.5) is 20.6 Å². The topological polar surface area (TPSA) is 103 Å². The fourth-order valence-electron chi connectivity index (χ4n) is 3.60. The van der Waals surface area contributed by atoms with Crippen LogP contribution in [0.15, 0.2) is 42.5 Å². The summed E-state index contributed by atoms with van der Waals surface area (Å²) in [4.78, 5) is 27.5. The van der Waals surface area contributed by atoms with Crippen molar-refractivity contribution in [2.24, 2.45) is 5.92 Å². The van der Waals surface area contributed by atoms with E-state index >= 15 is 0 Å².